The number of aromatic nitrogens is 3. The van der Waals surface area contributed by atoms with Gasteiger partial charge in [-0.2, -0.15) is 0 Å². The molecule has 0 unspecified atom stereocenters. The zero-order chi connectivity index (χ0) is 20.6. The molecule has 0 bridgehead atoms. The molecule has 0 aliphatic carbocycles. The molecule has 1 heterocycles. The van der Waals surface area contributed by atoms with Gasteiger partial charge in [-0.05, 0) is 35.6 Å². The maximum atomic E-state index is 12.4. The van der Waals surface area contributed by atoms with Gasteiger partial charge in [0.05, 0.1) is 5.75 Å². The molecule has 1 N–H and O–H groups in total. The highest BCUT2D eigenvalue weighted by Crippen LogP contribution is 2.21. The van der Waals surface area contributed by atoms with Gasteiger partial charge < -0.3 is 9.88 Å². The van der Waals surface area contributed by atoms with Crippen LogP contribution in [0.1, 0.15) is 37.7 Å². The number of anilines is 1. The maximum Gasteiger partial charge on any atom is 0.234 e. The second kappa shape index (κ2) is 10.3. The Balaban J connectivity index is 1.65. The fraction of sp³-hybridized carbons (Fsp3) is 0.348. The monoisotopic (exact) mass is 408 g/mol. The third-order valence-electron chi connectivity index (χ3n) is 4.52. The predicted molar refractivity (Wildman–Crippen MR) is 119 cm³/mol. The minimum Gasteiger partial charge on any atom is -0.325 e. The lowest BCUT2D eigenvalue weighted by Crippen LogP contribution is -2.15. The summed E-state index contributed by atoms with van der Waals surface area (Å²) in [6, 6.07) is 18.2. The summed E-state index contributed by atoms with van der Waals surface area (Å²) in [5, 5.41) is 12.5. The van der Waals surface area contributed by atoms with Crippen LogP contribution in [0.15, 0.2) is 59.8 Å². The molecule has 0 saturated carbocycles. The average molecular weight is 409 g/mol. The molecule has 29 heavy (non-hydrogen) atoms. The van der Waals surface area contributed by atoms with E-state index in [1.165, 1.54) is 22.9 Å². The number of benzene rings is 2. The van der Waals surface area contributed by atoms with Crippen LogP contribution in [0, 0.1) is 5.92 Å². The van der Waals surface area contributed by atoms with Gasteiger partial charge in [-0.25, -0.2) is 0 Å². The van der Waals surface area contributed by atoms with E-state index in [1.807, 2.05) is 42.5 Å². The van der Waals surface area contributed by atoms with E-state index in [4.69, 9.17) is 0 Å². The van der Waals surface area contributed by atoms with Crippen molar-refractivity contribution in [3.05, 3.63) is 71.5 Å². The smallest absolute Gasteiger partial charge is 0.234 e. The van der Waals surface area contributed by atoms with E-state index in [1.54, 1.807) is 0 Å². The molecule has 0 spiro atoms. The number of carbonyl (C=O) groups excluding carboxylic acids is 1. The molecule has 0 aliphatic rings. The molecular formula is C23H28N4OS. The van der Waals surface area contributed by atoms with Crippen LogP contribution in [0.25, 0.3) is 0 Å². The molecule has 6 heteroatoms. The molecule has 0 radical (unpaired) electrons. The van der Waals surface area contributed by atoms with Crippen molar-refractivity contribution >= 4 is 23.4 Å². The van der Waals surface area contributed by atoms with Crippen LogP contribution in [0.2, 0.25) is 0 Å². The van der Waals surface area contributed by atoms with Gasteiger partial charge in [-0.3, -0.25) is 4.79 Å². The number of rotatable bonds is 9. The number of thioether (sulfide) groups is 1. The van der Waals surface area contributed by atoms with Gasteiger partial charge in [-0.1, -0.05) is 75.0 Å². The van der Waals surface area contributed by atoms with Crippen LogP contribution in [-0.4, -0.2) is 26.4 Å². The average Bonchev–Trinajstić information content (AvgIpc) is 3.08. The minimum atomic E-state index is -0.0389. The lowest BCUT2D eigenvalue weighted by Gasteiger charge is -2.12. The quantitative estimate of drug-likeness (QED) is 0.516. The van der Waals surface area contributed by atoms with E-state index in [2.05, 4.69) is 53.0 Å². The summed E-state index contributed by atoms with van der Waals surface area (Å²) in [4.78, 5) is 12.4. The van der Waals surface area contributed by atoms with Crippen molar-refractivity contribution in [2.24, 2.45) is 5.92 Å². The molecule has 0 aliphatic heterocycles. The summed E-state index contributed by atoms with van der Waals surface area (Å²) in [6.07, 6.45) is 1.72. The Morgan fingerprint density at radius 2 is 1.76 bits per heavy atom. The van der Waals surface area contributed by atoms with Crippen LogP contribution in [0.3, 0.4) is 0 Å². The molecule has 3 rings (SSSR count). The van der Waals surface area contributed by atoms with Crippen LogP contribution < -0.4 is 5.32 Å². The van der Waals surface area contributed by atoms with Crippen molar-refractivity contribution in [2.75, 3.05) is 11.1 Å². The van der Waals surface area contributed by atoms with Gasteiger partial charge in [0.1, 0.15) is 5.82 Å². The molecule has 0 fully saturated rings. The Morgan fingerprint density at radius 1 is 1.03 bits per heavy atom. The summed E-state index contributed by atoms with van der Waals surface area (Å²) in [7, 11) is 0. The second-order valence-electron chi connectivity index (χ2n) is 7.45. The van der Waals surface area contributed by atoms with Gasteiger partial charge in [-0.15, -0.1) is 10.2 Å². The van der Waals surface area contributed by atoms with Crippen molar-refractivity contribution in [2.45, 2.75) is 45.3 Å². The Morgan fingerprint density at radius 3 is 2.41 bits per heavy atom. The number of amides is 1. The number of aryl methyl sites for hydroxylation is 1. The first-order chi connectivity index (χ1) is 14.0. The van der Waals surface area contributed by atoms with E-state index in [0.29, 0.717) is 11.7 Å². The second-order valence-corrected chi connectivity index (χ2v) is 8.40. The van der Waals surface area contributed by atoms with Gasteiger partial charge in [0.25, 0.3) is 0 Å². The Kier molecular flexibility index (Phi) is 7.47. The molecule has 0 saturated heterocycles. The van der Waals surface area contributed by atoms with E-state index < -0.39 is 0 Å². The summed E-state index contributed by atoms with van der Waals surface area (Å²) in [6.45, 7) is 7.29. The van der Waals surface area contributed by atoms with Crippen LogP contribution >= 0.6 is 11.8 Å². The van der Waals surface area contributed by atoms with E-state index in [9.17, 15) is 4.79 Å². The fourth-order valence-corrected chi connectivity index (χ4v) is 3.80. The summed E-state index contributed by atoms with van der Waals surface area (Å²) < 4.78 is 2.14. The standard InChI is InChI=1S/C23H28N4OS/c1-4-18-10-12-20(13-11-18)24-22(28)16-29-23-26-25-21(27(23)15-17(2)3)14-19-8-6-5-7-9-19/h5-13,17H,4,14-16H2,1-3H3,(H,24,28). The number of carbonyl (C=O) groups is 1. The number of nitrogens with zero attached hydrogens (tertiary/aromatic N) is 3. The zero-order valence-electron chi connectivity index (χ0n) is 17.3. The summed E-state index contributed by atoms with van der Waals surface area (Å²) in [5.74, 6) is 1.66. The lowest BCUT2D eigenvalue weighted by molar-refractivity contribution is -0.113. The zero-order valence-corrected chi connectivity index (χ0v) is 18.1. The first kappa shape index (κ1) is 21.1. The molecule has 0 atom stereocenters. The van der Waals surface area contributed by atoms with Gasteiger partial charge in [0, 0.05) is 18.7 Å². The lowest BCUT2D eigenvalue weighted by atomic mass is 10.1. The molecule has 3 aromatic rings. The summed E-state index contributed by atoms with van der Waals surface area (Å²) >= 11 is 1.43. The van der Waals surface area contributed by atoms with E-state index >= 15 is 0 Å². The minimum absolute atomic E-state index is 0.0389. The summed E-state index contributed by atoms with van der Waals surface area (Å²) in [5.41, 5.74) is 3.28. The normalized spacial score (nSPS) is 11.0. The first-order valence-corrected chi connectivity index (χ1v) is 11.0. The Labute approximate surface area is 176 Å². The number of hydrogen-bond acceptors (Lipinski definition) is 4. The predicted octanol–water partition coefficient (Wildman–Crippen LogP) is 4.82. The molecular weight excluding hydrogens is 380 g/mol. The van der Waals surface area contributed by atoms with Crippen molar-refractivity contribution < 1.29 is 4.79 Å². The van der Waals surface area contributed by atoms with Gasteiger partial charge >= 0.3 is 0 Å². The molecule has 2 aromatic carbocycles. The number of nitrogens with one attached hydrogen (secondary N) is 1. The highest BCUT2D eigenvalue weighted by Gasteiger charge is 2.15. The largest absolute Gasteiger partial charge is 0.325 e. The highest BCUT2D eigenvalue weighted by atomic mass is 32.2. The van der Waals surface area contributed by atoms with Crippen LogP contribution in [0.5, 0.6) is 0 Å². The van der Waals surface area contributed by atoms with Crippen molar-refractivity contribution in [1.82, 2.24) is 14.8 Å². The van der Waals surface area contributed by atoms with Crippen LogP contribution in [-0.2, 0) is 24.2 Å². The fourth-order valence-electron chi connectivity index (χ4n) is 3.03. The number of hydrogen-bond donors (Lipinski definition) is 1. The maximum absolute atomic E-state index is 12.4. The Bertz CT molecular complexity index is 920. The Hall–Kier alpha value is -2.60. The third kappa shape index (κ3) is 6.19. The molecule has 1 amide bonds. The van der Waals surface area contributed by atoms with Crippen LogP contribution in [0.4, 0.5) is 5.69 Å². The first-order valence-electron chi connectivity index (χ1n) is 10.0. The highest BCUT2D eigenvalue weighted by molar-refractivity contribution is 7.99. The molecule has 1 aromatic heterocycles. The molecule has 152 valence electrons. The van der Waals surface area contributed by atoms with Crippen molar-refractivity contribution in [3.8, 4) is 0 Å². The van der Waals surface area contributed by atoms with E-state index in [-0.39, 0.29) is 5.91 Å². The van der Waals surface area contributed by atoms with Gasteiger partial charge in [0.15, 0.2) is 5.16 Å². The van der Waals surface area contributed by atoms with Crippen molar-refractivity contribution in [1.29, 1.82) is 0 Å². The van der Waals surface area contributed by atoms with Gasteiger partial charge in [0.2, 0.25) is 5.91 Å². The molecule has 5 nitrogen and oxygen atoms in total. The third-order valence-corrected chi connectivity index (χ3v) is 5.49. The topological polar surface area (TPSA) is 59.8 Å². The SMILES string of the molecule is CCc1ccc(NC(=O)CSc2nnc(Cc3ccccc3)n2CC(C)C)cc1. The van der Waals surface area contributed by atoms with Crippen molar-refractivity contribution in [3.63, 3.8) is 0 Å². The van der Waals surface area contributed by atoms with E-state index in [0.717, 1.165) is 36.1 Å².